The van der Waals surface area contributed by atoms with Crippen LogP contribution in [0.2, 0.25) is 0 Å². The van der Waals surface area contributed by atoms with E-state index in [-0.39, 0.29) is 17.0 Å². The van der Waals surface area contributed by atoms with Gasteiger partial charge in [-0.05, 0) is 74.5 Å². The molecule has 8 heteroatoms. The lowest BCUT2D eigenvalue weighted by Crippen LogP contribution is -2.53. The summed E-state index contributed by atoms with van der Waals surface area (Å²) in [6.07, 6.45) is 1.60. The molecule has 1 aliphatic carbocycles. The van der Waals surface area contributed by atoms with Gasteiger partial charge in [0.15, 0.2) is 0 Å². The van der Waals surface area contributed by atoms with Crippen LogP contribution in [0, 0.1) is 0 Å². The van der Waals surface area contributed by atoms with E-state index in [0.717, 1.165) is 0 Å². The average molecular weight is 433 g/mol. The third-order valence-corrected chi connectivity index (χ3v) is 6.97. The van der Waals surface area contributed by atoms with Gasteiger partial charge < -0.3 is 10.0 Å². The number of nitrogens with zero attached hydrogens (tertiary/aromatic N) is 1. The maximum atomic E-state index is 12.6. The Kier molecular flexibility index (Phi) is 6.17. The molecule has 1 aliphatic rings. The van der Waals surface area contributed by atoms with Crippen LogP contribution in [-0.4, -0.2) is 42.1 Å². The fourth-order valence-electron chi connectivity index (χ4n) is 3.39. The van der Waals surface area contributed by atoms with Gasteiger partial charge >= 0.3 is 6.09 Å². The van der Waals surface area contributed by atoms with E-state index in [1.54, 1.807) is 24.3 Å². The summed E-state index contributed by atoms with van der Waals surface area (Å²) in [7, 11) is -3.60. The maximum absolute atomic E-state index is 12.6. The van der Waals surface area contributed by atoms with Gasteiger partial charge in [0.05, 0.1) is 4.90 Å². The van der Waals surface area contributed by atoms with E-state index in [1.165, 1.54) is 4.90 Å². The molecule has 2 N–H and O–H groups in total. The lowest BCUT2D eigenvalue weighted by atomic mass is 9.88. The Balaban J connectivity index is 2.03. The molecule has 1 aromatic carbocycles. The quantitative estimate of drug-likeness (QED) is 0.756. The molecule has 140 valence electrons. The molecule has 2 rings (SSSR count). The Morgan fingerprint density at radius 3 is 2.24 bits per heavy atom. The minimum absolute atomic E-state index is 0.0817. The Labute approximate surface area is 157 Å². The molecule has 6 nitrogen and oxygen atoms in total. The summed E-state index contributed by atoms with van der Waals surface area (Å²) in [6.45, 7) is 5.63. The highest BCUT2D eigenvalue weighted by Crippen LogP contribution is 2.30. The zero-order valence-corrected chi connectivity index (χ0v) is 17.1. The van der Waals surface area contributed by atoms with E-state index in [4.69, 9.17) is 0 Å². The van der Waals surface area contributed by atoms with Crippen molar-refractivity contribution < 1.29 is 18.3 Å². The number of amides is 1. The zero-order valence-electron chi connectivity index (χ0n) is 14.7. The number of hydrogen-bond donors (Lipinski definition) is 2. The number of benzene rings is 1. The number of rotatable bonds is 4. The molecule has 0 radical (unpaired) electrons. The second-order valence-corrected chi connectivity index (χ2v) is 9.92. The van der Waals surface area contributed by atoms with Gasteiger partial charge in [0.25, 0.3) is 0 Å². The third kappa shape index (κ3) is 4.95. The molecule has 0 heterocycles. The Morgan fingerprint density at radius 1 is 1.20 bits per heavy atom. The van der Waals surface area contributed by atoms with Gasteiger partial charge in [0.1, 0.15) is 0 Å². The summed E-state index contributed by atoms with van der Waals surface area (Å²) in [5.41, 5.74) is -0.474. The molecule has 0 aromatic heterocycles. The van der Waals surface area contributed by atoms with Crippen LogP contribution in [0.25, 0.3) is 0 Å². The van der Waals surface area contributed by atoms with Gasteiger partial charge in [-0.25, -0.2) is 17.9 Å². The van der Waals surface area contributed by atoms with Crippen molar-refractivity contribution in [3.05, 3.63) is 28.7 Å². The maximum Gasteiger partial charge on any atom is 0.407 e. The van der Waals surface area contributed by atoms with Crippen LogP contribution in [0.15, 0.2) is 33.6 Å². The molecule has 1 saturated carbocycles. The van der Waals surface area contributed by atoms with E-state index in [2.05, 4.69) is 20.7 Å². The highest BCUT2D eigenvalue weighted by molar-refractivity contribution is 9.10. The van der Waals surface area contributed by atoms with Gasteiger partial charge in [-0.2, -0.15) is 0 Å². The van der Waals surface area contributed by atoms with Gasteiger partial charge in [-0.1, -0.05) is 12.1 Å². The highest BCUT2D eigenvalue weighted by Gasteiger charge is 2.36. The van der Waals surface area contributed by atoms with Crippen molar-refractivity contribution in [2.45, 2.75) is 69.0 Å². The van der Waals surface area contributed by atoms with Crippen LogP contribution in [0.5, 0.6) is 0 Å². The van der Waals surface area contributed by atoms with Crippen LogP contribution in [0.3, 0.4) is 0 Å². The second kappa shape index (κ2) is 7.63. The summed E-state index contributed by atoms with van der Waals surface area (Å²) in [4.78, 5) is 13.3. The van der Waals surface area contributed by atoms with E-state index in [9.17, 15) is 18.3 Å². The minimum atomic E-state index is -3.60. The standard InChI is InChI=1S/C17H25BrN2O4S/c1-17(2,3)20(16(21)22)13-10-8-12(9-11-13)19-25(23,24)15-7-5-4-6-14(15)18/h4-7,12-13,19H,8-11H2,1-3H3,(H,21,22)/t12-,13+. The number of nitrogens with one attached hydrogen (secondary N) is 1. The van der Waals surface area contributed by atoms with E-state index >= 15 is 0 Å². The SMILES string of the molecule is CC(C)(C)N(C(=O)O)[C@H]1CC[C@@H](NS(=O)(=O)c2ccccc2Br)CC1. The summed E-state index contributed by atoms with van der Waals surface area (Å²) in [5.74, 6) is 0. The van der Waals surface area contributed by atoms with Crippen molar-refractivity contribution in [3.8, 4) is 0 Å². The molecule has 0 atom stereocenters. The molecule has 0 bridgehead atoms. The third-order valence-electron chi connectivity index (χ3n) is 4.44. The number of carbonyl (C=O) groups is 1. The Morgan fingerprint density at radius 2 is 1.76 bits per heavy atom. The molecule has 0 saturated heterocycles. The number of hydrogen-bond acceptors (Lipinski definition) is 3. The van der Waals surface area contributed by atoms with Crippen LogP contribution in [-0.2, 0) is 10.0 Å². The first-order valence-electron chi connectivity index (χ1n) is 8.31. The largest absolute Gasteiger partial charge is 0.465 e. The molecule has 0 spiro atoms. The lowest BCUT2D eigenvalue weighted by Gasteiger charge is -2.42. The van der Waals surface area contributed by atoms with E-state index in [1.807, 2.05) is 20.8 Å². The summed E-state index contributed by atoms with van der Waals surface area (Å²) in [5, 5.41) is 9.50. The molecule has 1 aromatic rings. The van der Waals surface area contributed by atoms with Crippen molar-refractivity contribution in [2.75, 3.05) is 0 Å². The van der Waals surface area contributed by atoms with Crippen molar-refractivity contribution in [3.63, 3.8) is 0 Å². The number of halogens is 1. The topological polar surface area (TPSA) is 86.7 Å². The van der Waals surface area contributed by atoms with E-state index < -0.39 is 21.7 Å². The summed E-state index contributed by atoms with van der Waals surface area (Å²) < 4.78 is 28.4. The first-order valence-corrected chi connectivity index (χ1v) is 10.6. The first kappa shape index (κ1) is 20.2. The fraction of sp³-hybridized carbons (Fsp3) is 0.588. The van der Waals surface area contributed by atoms with Crippen molar-refractivity contribution >= 4 is 32.0 Å². The molecule has 0 unspecified atom stereocenters. The van der Waals surface area contributed by atoms with Crippen LogP contribution in [0.4, 0.5) is 4.79 Å². The highest BCUT2D eigenvalue weighted by atomic mass is 79.9. The predicted molar refractivity (Wildman–Crippen MR) is 100 cm³/mol. The Bertz CT molecular complexity index is 722. The Hall–Kier alpha value is -1.12. The normalized spacial score (nSPS) is 21.8. The first-order chi connectivity index (χ1) is 11.5. The smallest absolute Gasteiger partial charge is 0.407 e. The zero-order chi connectivity index (χ0) is 18.8. The average Bonchev–Trinajstić information content (AvgIpc) is 2.47. The molecule has 0 aliphatic heterocycles. The molecular formula is C17H25BrN2O4S. The van der Waals surface area contributed by atoms with Gasteiger partial charge in [-0.3, -0.25) is 0 Å². The van der Waals surface area contributed by atoms with Crippen LogP contribution < -0.4 is 4.72 Å². The monoisotopic (exact) mass is 432 g/mol. The minimum Gasteiger partial charge on any atom is -0.465 e. The molecule has 1 amide bonds. The molecule has 1 fully saturated rings. The number of carboxylic acid groups (broad SMARTS) is 1. The predicted octanol–water partition coefficient (Wildman–Crippen LogP) is 3.82. The van der Waals surface area contributed by atoms with Crippen molar-refractivity contribution in [2.24, 2.45) is 0 Å². The number of sulfonamides is 1. The summed E-state index contributed by atoms with van der Waals surface area (Å²) >= 11 is 3.27. The van der Waals surface area contributed by atoms with Crippen molar-refractivity contribution in [1.82, 2.24) is 9.62 Å². The van der Waals surface area contributed by atoms with Crippen LogP contribution >= 0.6 is 15.9 Å². The molecular weight excluding hydrogens is 408 g/mol. The summed E-state index contributed by atoms with van der Waals surface area (Å²) in [6, 6.07) is 6.44. The molecule has 25 heavy (non-hydrogen) atoms. The fourth-order valence-corrected chi connectivity index (χ4v) is 5.70. The second-order valence-electron chi connectivity index (χ2n) is 7.38. The van der Waals surface area contributed by atoms with Crippen LogP contribution in [0.1, 0.15) is 46.5 Å². The van der Waals surface area contributed by atoms with Gasteiger partial charge in [0.2, 0.25) is 10.0 Å². The van der Waals surface area contributed by atoms with Crippen molar-refractivity contribution in [1.29, 1.82) is 0 Å². The van der Waals surface area contributed by atoms with E-state index in [0.29, 0.717) is 30.2 Å². The van der Waals surface area contributed by atoms with Gasteiger partial charge in [-0.15, -0.1) is 0 Å². The van der Waals surface area contributed by atoms with Gasteiger partial charge in [0, 0.05) is 22.1 Å². The lowest BCUT2D eigenvalue weighted by molar-refractivity contribution is 0.0541.